The average Bonchev–Trinajstić information content (AvgIpc) is 3.05. The second kappa shape index (κ2) is 6.85. The first-order valence-electron chi connectivity index (χ1n) is 7.40. The lowest BCUT2D eigenvalue weighted by Crippen LogP contribution is -2.42. The first kappa shape index (κ1) is 15.6. The van der Waals surface area contributed by atoms with E-state index in [1.165, 1.54) is 24.3 Å². The topological polar surface area (TPSA) is 53.2 Å². The number of nitrogens with one attached hydrogen (secondary N) is 3. The lowest BCUT2D eigenvalue weighted by Gasteiger charge is -2.11. The monoisotopic (exact) mass is 317 g/mol. The first-order chi connectivity index (χ1) is 11.1. The summed E-state index contributed by atoms with van der Waals surface area (Å²) in [5.74, 6) is -0.719. The molecule has 1 amide bonds. The van der Waals surface area contributed by atoms with E-state index >= 15 is 0 Å². The van der Waals surface area contributed by atoms with Crippen LogP contribution in [0.3, 0.4) is 0 Å². The lowest BCUT2D eigenvalue weighted by atomic mass is 10.0. The molecule has 4 nitrogen and oxygen atoms in total. The van der Waals surface area contributed by atoms with Crippen molar-refractivity contribution in [2.24, 2.45) is 0 Å². The third-order valence-electron chi connectivity index (χ3n) is 3.87. The van der Waals surface area contributed by atoms with E-state index in [9.17, 15) is 13.6 Å². The van der Waals surface area contributed by atoms with Gasteiger partial charge in [0.2, 0.25) is 5.91 Å². The lowest BCUT2D eigenvalue weighted by molar-refractivity contribution is -0.123. The fourth-order valence-electron chi connectivity index (χ4n) is 2.56. The SMILES string of the molecule is O=C(NCc1ccc(F)cc1)C1CC(c2ccc(F)cc2)NN1. The standard InChI is InChI=1S/C17H17F2N3O/c18-13-5-1-11(2-6-13)10-20-17(23)16-9-15(21-22-16)12-3-7-14(19)8-4-12/h1-8,15-16,21-22H,9-10H2,(H,20,23). The third kappa shape index (κ3) is 3.91. The van der Waals surface area contributed by atoms with Gasteiger partial charge in [0.1, 0.15) is 17.7 Å². The quantitative estimate of drug-likeness (QED) is 0.810. The summed E-state index contributed by atoms with van der Waals surface area (Å²) in [6.07, 6.45) is 0.570. The molecule has 1 aliphatic heterocycles. The summed E-state index contributed by atoms with van der Waals surface area (Å²) in [6.45, 7) is 0.346. The molecule has 1 fully saturated rings. The molecule has 0 radical (unpaired) electrons. The van der Waals surface area contributed by atoms with Gasteiger partial charge >= 0.3 is 0 Å². The molecule has 0 saturated carbocycles. The summed E-state index contributed by atoms with van der Waals surface area (Å²) in [7, 11) is 0. The van der Waals surface area contributed by atoms with E-state index in [1.807, 2.05) is 0 Å². The summed E-state index contributed by atoms with van der Waals surface area (Å²) in [4.78, 5) is 12.2. The van der Waals surface area contributed by atoms with Crippen LogP contribution in [0.5, 0.6) is 0 Å². The molecular weight excluding hydrogens is 300 g/mol. The van der Waals surface area contributed by atoms with Crippen molar-refractivity contribution < 1.29 is 13.6 Å². The molecule has 2 atom stereocenters. The number of carbonyl (C=O) groups excluding carboxylic acids is 1. The fourth-order valence-corrected chi connectivity index (χ4v) is 2.56. The molecule has 23 heavy (non-hydrogen) atoms. The Labute approximate surface area is 132 Å². The average molecular weight is 317 g/mol. The zero-order valence-corrected chi connectivity index (χ0v) is 12.4. The van der Waals surface area contributed by atoms with E-state index in [-0.39, 0.29) is 29.6 Å². The molecule has 0 bridgehead atoms. The zero-order valence-electron chi connectivity index (χ0n) is 12.4. The van der Waals surface area contributed by atoms with Gasteiger partial charge in [-0.3, -0.25) is 4.79 Å². The molecule has 3 N–H and O–H groups in total. The molecular formula is C17H17F2N3O. The molecule has 6 heteroatoms. The predicted molar refractivity (Wildman–Crippen MR) is 82.1 cm³/mol. The predicted octanol–water partition coefficient (Wildman–Crippen LogP) is 2.19. The Kier molecular flexibility index (Phi) is 4.64. The largest absolute Gasteiger partial charge is 0.351 e. The van der Waals surface area contributed by atoms with E-state index in [4.69, 9.17) is 0 Å². The second-order valence-electron chi connectivity index (χ2n) is 5.53. The minimum absolute atomic E-state index is 0.0443. The maximum absolute atomic E-state index is 12.9. The molecule has 1 heterocycles. The molecule has 3 rings (SSSR count). The third-order valence-corrected chi connectivity index (χ3v) is 3.87. The van der Waals surface area contributed by atoms with E-state index in [1.54, 1.807) is 24.3 Å². The van der Waals surface area contributed by atoms with Gasteiger partial charge in [-0.1, -0.05) is 24.3 Å². The Hall–Kier alpha value is -2.31. The highest BCUT2D eigenvalue weighted by molar-refractivity contribution is 5.82. The zero-order chi connectivity index (χ0) is 16.2. The molecule has 2 aromatic carbocycles. The van der Waals surface area contributed by atoms with Gasteiger partial charge in [0.15, 0.2) is 0 Å². The maximum atomic E-state index is 12.9. The van der Waals surface area contributed by atoms with Crippen LogP contribution in [0.1, 0.15) is 23.6 Å². The highest BCUT2D eigenvalue weighted by Gasteiger charge is 2.29. The van der Waals surface area contributed by atoms with Crippen LogP contribution >= 0.6 is 0 Å². The van der Waals surface area contributed by atoms with Crippen LogP contribution in [-0.2, 0) is 11.3 Å². The minimum Gasteiger partial charge on any atom is -0.351 e. The normalized spacial score (nSPS) is 20.4. The molecule has 2 aromatic rings. The van der Waals surface area contributed by atoms with Gasteiger partial charge < -0.3 is 5.32 Å². The van der Waals surface area contributed by atoms with Crippen molar-refractivity contribution in [1.82, 2.24) is 16.2 Å². The van der Waals surface area contributed by atoms with Crippen LogP contribution < -0.4 is 16.2 Å². The summed E-state index contributed by atoms with van der Waals surface area (Å²) >= 11 is 0. The first-order valence-corrected chi connectivity index (χ1v) is 7.40. The number of halogens is 2. The van der Waals surface area contributed by atoms with Gasteiger partial charge in [-0.25, -0.2) is 19.6 Å². The highest BCUT2D eigenvalue weighted by atomic mass is 19.1. The Morgan fingerprint density at radius 3 is 2.26 bits per heavy atom. The van der Waals surface area contributed by atoms with Crippen molar-refractivity contribution in [3.8, 4) is 0 Å². The van der Waals surface area contributed by atoms with Crippen LogP contribution in [0, 0.1) is 11.6 Å². The van der Waals surface area contributed by atoms with Crippen molar-refractivity contribution in [2.45, 2.75) is 25.0 Å². The summed E-state index contributed by atoms with van der Waals surface area (Å²) in [5.41, 5.74) is 7.75. The van der Waals surface area contributed by atoms with Crippen LogP contribution in [0.2, 0.25) is 0 Å². The van der Waals surface area contributed by atoms with Crippen molar-refractivity contribution >= 4 is 5.91 Å². The molecule has 1 aliphatic rings. The van der Waals surface area contributed by atoms with E-state index in [0.717, 1.165) is 11.1 Å². The van der Waals surface area contributed by atoms with Crippen molar-refractivity contribution in [1.29, 1.82) is 0 Å². The van der Waals surface area contributed by atoms with E-state index in [2.05, 4.69) is 16.2 Å². The summed E-state index contributed by atoms with van der Waals surface area (Å²) < 4.78 is 25.8. The van der Waals surface area contributed by atoms with Gasteiger partial charge in [-0.15, -0.1) is 0 Å². The van der Waals surface area contributed by atoms with E-state index in [0.29, 0.717) is 13.0 Å². The van der Waals surface area contributed by atoms with Crippen LogP contribution in [0.4, 0.5) is 8.78 Å². The number of amides is 1. The maximum Gasteiger partial charge on any atom is 0.238 e. The smallest absolute Gasteiger partial charge is 0.238 e. The van der Waals surface area contributed by atoms with Gasteiger partial charge in [0, 0.05) is 12.6 Å². The van der Waals surface area contributed by atoms with Crippen LogP contribution in [0.25, 0.3) is 0 Å². The fraction of sp³-hybridized carbons (Fsp3) is 0.235. The molecule has 0 aromatic heterocycles. The summed E-state index contributed by atoms with van der Waals surface area (Å²) in [5, 5.41) is 2.82. The number of rotatable bonds is 4. The van der Waals surface area contributed by atoms with Crippen LogP contribution in [0.15, 0.2) is 48.5 Å². The second-order valence-corrected chi connectivity index (χ2v) is 5.53. The molecule has 0 aliphatic carbocycles. The van der Waals surface area contributed by atoms with E-state index < -0.39 is 0 Å². The van der Waals surface area contributed by atoms with Gasteiger partial charge in [0.05, 0.1) is 0 Å². The number of carbonyl (C=O) groups is 1. The van der Waals surface area contributed by atoms with Gasteiger partial charge in [-0.05, 0) is 41.8 Å². The van der Waals surface area contributed by atoms with Gasteiger partial charge in [0.25, 0.3) is 0 Å². The van der Waals surface area contributed by atoms with Crippen molar-refractivity contribution in [2.75, 3.05) is 0 Å². The molecule has 2 unspecified atom stereocenters. The molecule has 1 saturated heterocycles. The highest BCUT2D eigenvalue weighted by Crippen LogP contribution is 2.22. The Morgan fingerprint density at radius 1 is 1.00 bits per heavy atom. The Bertz CT molecular complexity index is 673. The minimum atomic E-state index is -0.370. The Morgan fingerprint density at radius 2 is 1.61 bits per heavy atom. The van der Waals surface area contributed by atoms with Crippen LogP contribution in [-0.4, -0.2) is 11.9 Å². The number of hydrogen-bond donors (Lipinski definition) is 3. The number of hydrogen-bond acceptors (Lipinski definition) is 3. The number of hydrazine groups is 1. The molecule has 120 valence electrons. The summed E-state index contributed by atoms with van der Waals surface area (Å²) in [6, 6.07) is 11.8. The van der Waals surface area contributed by atoms with Crippen molar-refractivity contribution in [3.05, 3.63) is 71.3 Å². The number of benzene rings is 2. The Balaban J connectivity index is 1.53. The van der Waals surface area contributed by atoms with Gasteiger partial charge in [-0.2, -0.15) is 0 Å². The molecule has 0 spiro atoms. The van der Waals surface area contributed by atoms with Crippen molar-refractivity contribution in [3.63, 3.8) is 0 Å².